The molecule has 0 aromatic carbocycles. The third kappa shape index (κ3) is 7.90. The maximum Gasteiger partial charge on any atom is 0.317 e. The van der Waals surface area contributed by atoms with Crippen molar-refractivity contribution < 1.29 is 35.4 Å². The molecule has 7 heterocycles. The monoisotopic (exact) mass is 736 g/mol. The molecular weight excluding hydrogens is 673 g/mol. The van der Waals surface area contributed by atoms with Gasteiger partial charge in [0.05, 0.1) is 48.8 Å². The molecule has 4 saturated carbocycles. The van der Waals surface area contributed by atoms with Crippen molar-refractivity contribution in [2.45, 2.75) is 202 Å². The Hall–Kier alpha value is 0.548. The largest absolute Gasteiger partial charge is 0.416 e. The quantitative estimate of drug-likeness (QED) is 0.147. The summed E-state index contributed by atoms with van der Waals surface area (Å²) < 4.78 is 54.6. The van der Waals surface area contributed by atoms with Gasteiger partial charge in [-0.1, -0.05) is 0 Å². The fourth-order valence-electron chi connectivity index (χ4n) is 11.5. The van der Waals surface area contributed by atoms with Crippen LogP contribution in [0.4, 0.5) is 0 Å². The molecule has 0 spiro atoms. The van der Waals surface area contributed by atoms with Crippen LogP contribution >= 0.6 is 0 Å². The third-order valence-corrected chi connectivity index (χ3v) is 32.8. The molecule has 11 fully saturated rings. The Morgan fingerprint density at radius 1 is 0.354 bits per heavy atom. The minimum atomic E-state index is -2.60. The summed E-state index contributed by atoms with van der Waals surface area (Å²) >= 11 is 0. The molecule has 4 aliphatic carbocycles. The Bertz CT molecular complexity index is 1000. The summed E-state index contributed by atoms with van der Waals surface area (Å²) in [4.78, 5) is 0. The SMILES string of the molecule is C[Si]1(CCC2CC3CC(C2)O3)O[Si](C)(CCC2CC3CC(C2)O3)O[Si](C)(CCC2CCC3OC3C2)O[Si](C)(CCC2CCC3OC3C2)O1. The average Bonchev–Trinajstić information content (AvgIpc) is 3.95. The first-order valence-electron chi connectivity index (χ1n) is 20.4. The van der Waals surface area contributed by atoms with E-state index in [-0.39, 0.29) is 0 Å². The highest BCUT2D eigenvalue weighted by Crippen LogP contribution is 2.48. The topological polar surface area (TPSA) is 80.4 Å². The van der Waals surface area contributed by atoms with Crippen LogP contribution in [0, 0.1) is 23.7 Å². The van der Waals surface area contributed by atoms with E-state index in [1.807, 2.05) is 0 Å². The molecule has 0 amide bonds. The van der Waals surface area contributed by atoms with Crippen LogP contribution in [0.5, 0.6) is 0 Å². The molecule has 7 saturated heterocycles. The highest BCUT2D eigenvalue weighted by atomic mass is 28.5. The van der Waals surface area contributed by atoms with Gasteiger partial charge in [0.25, 0.3) is 0 Å². The average molecular weight is 737 g/mol. The molecule has 4 bridgehead atoms. The van der Waals surface area contributed by atoms with Gasteiger partial charge in [0.2, 0.25) is 0 Å². The molecule has 7 aliphatic heterocycles. The summed E-state index contributed by atoms with van der Waals surface area (Å²) in [5.74, 6) is 2.93. The summed E-state index contributed by atoms with van der Waals surface area (Å²) in [7, 11) is -10.4. The van der Waals surface area contributed by atoms with Crippen LogP contribution in [0.25, 0.3) is 0 Å². The van der Waals surface area contributed by atoms with Crippen LogP contribution in [0.1, 0.15) is 103 Å². The molecule has 0 aromatic heterocycles. The van der Waals surface area contributed by atoms with E-state index in [0.29, 0.717) is 48.8 Å². The van der Waals surface area contributed by atoms with Gasteiger partial charge in [0, 0.05) is 0 Å². The summed E-state index contributed by atoms with van der Waals surface area (Å²) in [5.41, 5.74) is 0. The summed E-state index contributed by atoms with van der Waals surface area (Å²) in [6, 6.07) is 4.22. The Labute approximate surface area is 294 Å². The van der Waals surface area contributed by atoms with Crippen LogP contribution in [-0.2, 0) is 35.4 Å². The highest BCUT2D eigenvalue weighted by Gasteiger charge is 2.58. The zero-order valence-electron chi connectivity index (χ0n) is 30.3. The Kier molecular flexibility index (Phi) is 9.40. The van der Waals surface area contributed by atoms with Crippen LogP contribution in [0.15, 0.2) is 0 Å². The van der Waals surface area contributed by atoms with E-state index >= 15 is 0 Å². The van der Waals surface area contributed by atoms with Crippen molar-refractivity contribution in [1.29, 1.82) is 0 Å². The fourth-order valence-corrected chi connectivity index (χ4v) is 35.3. The smallest absolute Gasteiger partial charge is 0.317 e. The minimum absolute atomic E-state index is 0.498. The van der Waals surface area contributed by atoms with Gasteiger partial charge in [-0.05, 0) is 177 Å². The van der Waals surface area contributed by atoms with Gasteiger partial charge in [0.15, 0.2) is 0 Å². The van der Waals surface area contributed by atoms with Gasteiger partial charge in [-0.15, -0.1) is 0 Å². The number of fused-ring (bicyclic) bond motifs is 6. The fraction of sp³-hybridized carbons (Fsp3) is 1.00. The standard InChI is InChI=1S/C36H64O8Si4/c1-45(13-9-25-5-7-33-35(21-25)39-33)41-46(2,14-10-26-6-8-34-36(22-26)40-34)43-48(4,16-12-28-19-31-24-32(20-28)38-31)44-47(3,42-45)15-11-27-17-29-23-30(18-27)37-29/h25-36H,5-24H2,1-4H3. The Morgan fingerprint density at radius 2 is 0.667 bits per heavy atom. The second-order valence-corrected chi connectivity index (χ2v) is 33.1. The van der Waals surface area contributed by atoms with Crippen molar-refractivity contribution in [2.24, 2.45) is 23.7 Å². The van der Waals surface area contributed by atoms with E-state index < -0.39 is 34.2 Å². The van der Waals surface area contributed by atoms with E-state index in [2.05, 4.69) is 26.2 Å². The van der Waals surface area contributed by atoms with Crippen LogP contribution < -0.4 is 0 Å². The lowest BCUT2D eigenvalue weighted by Crippen LogP contribution is -2.67. The van der Waals surface area contributed by atoms with Gasteiger partial charge in [0.1, 0.15) is 0 Å². The molecule has 0 aromatic rings. The maximum absolute atomic E-state index is 7.67. The Morgan fingerprint density at radius 3 is 0.979 bits per heavy atom. The molecular formula is C36H64O8Si4. The first-order valence-corrected chi connectivity index (χ1v) is 30.5. The number of hydrogen-bond donors (Lipinski definition) is 0. The van der Waals surface area contributed by atoms with Gasteiger partial charge in [-0.2, -0.15) is 0 Å². The predicted molar refractivity (Wildman–Crippen MR) is 193 cm³/mol. The maximum atomic E-state index is 7.67. The van der Waals surface area contributed by atoms with Gasteiger partial charge in [-0.25, -0.2) is 0 Å². The zero-order chi connectivity index (χ0) is 32.7. The third-order valence-electron chi connectivity index (χ3n) is 14.2. The summed E-state index contributed by atoms with van der Waals surface area (Å²) in [6.45, 7) is 9.62. The van der Waals surface area contributed by atoms with E-state index in [1.165, 1.54) is 103 Å². The van der Waals surface area contributed by atoms with E-state index in [4.69, 9.17) is 35.4 Å². The van der Waals surface area contributed by atoms with E-state index in [0.717, 1.165) is 47.8 Å². The molecule has 0 N–H and O–H groups in total. The molecule has 11 rings (SSSR count). The van der Waals surface area contributed by atoms with E-state index in [1.54, 1.807) is 0 Å². The van der Waals surface area contributed by atoms with Gasteiger partial charge in [-0.3, -0.25) is 0 Å². The first-order chi connectivity index (χ1) is 23.0. The normalized spacial score (nSPS) is 55.2. The van der Waals surface area contributed by atoms with Crippen molar-refractivity contribution in [3.8, 4) is 0 Å². The lowest BCUT2D eigenvalue weighted by molar-refractivity contribution is -0.173. The molecule has 11 aliphatic rings. The number of ether oxygens (including phenoxy) is 4. The van der Waals surface area contributed by atoms with Crippen LogP contribution in [-0.4, -0.2) is 83.1 Å². The number of epoxide rings is 2. The number of rotatable bonds is 12. The lowest BCUT2D eigenvalue weighted by Gasteiger charge is -2.52. The van der Waals surface area contributed by atoms with Crippen molar-refractivity contribution >= 4 is 34.2 Å². The molecule has 8 nitrogen and oxygen atoms in total. The molecule has 14 atom stereocenters. The minimum Gasteiger partial charge on any atom is -0.416 e. The van der Waals surface area contributed by atoms with Crippen molar-refractivity contribution in [2.75, 3.05) is 0 Å². The second-order valence-electron chi connectivity index (χ2n) is 18.8. The first kappa shape index (κ1) is 34.3. The molecule has 272 valence electrons. The summed E-state index contributed by atoms with van der Waals surface area (Å²) in [5, 5.41) is 0. The predicted octanol–water partition coefficient (Wildman–Crippen LogP) is 8.18. The number of hydrogen-bond acceptors (Lipinski definition) is 8. The van der Waals surface area contributed by atoms with Crippen molar-refractivity contribution in [1.82, 2.24) is 0 Å². The molecule has 0 radical (unpaired) electrons. The van der Waals surface area contributed by atoms with Crippen molar-refractivity contribution in [3.05, 3.63) is 0 Å². The van der Waals surface area contributed by atoms with Crippen molar-refractivity contribution in [3.63, 3.8) is 0 Å². The van der Waals surface area contributed by atoms with E-state index in [9.17, 15) is 0 Å². The second kappa shape index (κ2) is 13.1. The Balaban J connectivity index is 0.940. The molecule has 14 unspecified atom stereocenters. The van der Waals surface area contributed by atoms with Gasteiger partial charge >= 0.3 is 34.2 Å². The molecule has 48 heavy (non-hydrogen) atoms. The van der Waals surface area contributed by atoms with Crippen LogP contribution in [0.2, 0.25) is 50.4 Å². The summed E-state index contributed by atoms with van der Waals surface area (Å²) in [6.07, 6.45) is 23.8. The zero-order valence-corrected chi connectivity index (χ0v) is 34.3. The highest BCUT2D eigenvalue weighted by molar-refractivity contribution is 6.93. The van der Waals surface area contributed by atoms with Gasteiger partial charge < -0.3 is 35.4 Å². The molecule has 12 heteroatoms. The van der Waals surface area contributed by atoms with Crippen LogP contribution in [0.3, 0.4) is 0 Å². The lowest BCUT2D eigenvalue weighted by atomic mass is 9.79.